The van der Waals surface area contributed by atoms with Crippen molar-refractivity contribution in [2.24, 2.45) is 0 Å². The number of aliphatic hydroxyl groups excluding tert-OH is 1. The fourth-order valence-electron chi connectivity index (χ4n) is 3.84. The third-order valence-electron chi connectivity index (χ3n) is 5.73. The molecule has 3 rings (SSSR count). The number of pyridine rings is 1. The summed E-state index contributed by atoms with van der Waals surface area (Å²) in [6.07, 6.45) is 4.18. The van der Waals surface area contributed by atoms with Crippen molar-refractivity contribution in [2.45, 2.75) is 33.2 Å². The number of carbonyl (C=O) groups excluding carboxylic acids is 2. The summed E-state index contributed by atoms with van der Waals surface area (Å²) in [7, 11) is 0. The molecule has 6 heteroatoms. The van der Waals surface area contributed by atoms with Crippen LogP contribution in [0.5, 0.6) is 0 Å². The van der Waals surface area contributed by atoms with Crippen molar-refractivity contribution in [3.05, 3.63) is 71.1 Å². The molecule has 1 amide bonds. The molecule has 0 spiro atoms. The van der Waals surface area contributed by atoms with Crippen LogP contribution in [-0.2, 0) is 16.0 Å². The van der Waals surface area contributed by atoms with Crippen LogP contribution in [-0.4, -0.2) is 57.8 Å². The van der Waals surface area contributed by atoms with Gasteiger partial charge in [-0.15, -0.1) is 0 Å². The fraction of sp³-hybridized carbons (Fsp3) is 0.375. The second-order valence-electron chi connectivity index (χ2n) is 7.36. The van der Waals surface area contributed by atoms with Gasteiger partial charge in [0, 0.05) is 31.0 Å². The molecule has 6 nitrogen and oxygen atoms in total. The van der Waals surface area contributed by atoms with E-state index in [0.29, 0.717) is 24.2 Å². The van der Waals surface area contributed by atoms with Gasteiger partial charge in [-0.2, -0.15) is 0 Å². The summed E-state index contributed by atoms with van der Waals surface area (Å²) in [4.78, 5) is 33.8. The molecule has 0 aliphatic carbocycles. The first kappa shape index (κ1) is 21.7. The quantitative estimate of drug-likeness (QED) is 0.412. The van der Waals surface area contributed by atoms with E-state index in [1.165, 1.54) is 0 Å². The molecule has 2 aromatic rings. The molecular weight excluding hydrogens is 378 g/mol. The summed E-state index contributed by atoms with van der Waals surface area (Å²) in [5.74, 6) is -1.38. The number of aliphatic hydroxyl groups is 1. The Labute approximate surface area is 177 Å². The minimum Gasteiger partial charge on any atom is -0.507 e. The molecule has 1 atom stereocenters. The molecule has 1 N–H and O–H groups in total. The highest BCUT2D eigenvalue weighted by atomic mass is 16.3. The summed E-state index contributed by atoms with van der Waals surface area (Å²) in [6, 6.07) is 10.4. The van der Waals surface area contributed by atoms with Crippen LogP contribution < -0.4 is 0 Å². The lowest BCUT2D eigenvalue weighted by atomic mass is 9.96. The van der Waals surface area contributed by atoms with Crippen LogP contribution in [0.4, 0.5) is 0 Å². The molecule has 1 aliphatic rings. The molecule has 1 unspecified atom stereocenters. The zero-order chi connectivity index (χ0) is 21.7. The highest BCUT2D eigenvalue weighted by Crippen LogP contribution is 2.38. The van der Waals surface area contributed by atoms with E-state index in [9.17, 15) is 14.7 Å². The van der Waals surface area contributed by atoms with Crippen LogP contribution in [0.2, 0.25) is 0 Å². The Morgan fingerprint density at radius 2 is 1.80 bits per heavy atom. The van der Waals surface area contributed by atoms with Crippen LogP contribution >= 0.6 is 0 Å². The van der Waals surface area contributed by atoms with E-state index in [1.54, 1.807) is 35.5 Å². The molecule has 158 valence electrons. The molecule has 1 aromatic heterocycles. The average Bonchev–Trinajstić information content (AvgIpc) is 3.05. The van der Waals surface area contributed by atoms with Crippen molar-refractivity contribution < 1.29 is 14.7 Å². The van der Waals surface area contributed by atoms with Gasteiger partial charge in [0.15, 0.2) is 0 Å². The number of carbonyl (C=O) groups is 2. The van der Waals surface area contributed by atoms with Crippen molar-refractivity contribution in [1.82, 2.24) is 14.8 Å². The molecule has 1 aliphatic heterocycles. The van der Waals surface area contributed by atoms with Crippen LogP contribution in [0.25, 0.3) is 5.76 Å². The van der Waals surface area contributed by atoms with Crippen LogP contribution in [0.1, 0.15) is 43.5 Å². The summed E-state index contributed by atoms with van der Waals surface area (Å²) < 4.78 is 0. The highest BCUT2D eigenvalue weighted by molar-refractivity contribution is 6.46. The normalized spacial score (nSPS) is 18.4. The van der Waals surface area contributed by atoms with Gasteiger partial charge < -0.3 is 14.9 Å². The molecule has 1 aromatic carbocycles. The minimum atomic E-state index is -0.653. The van der Waals surface area contributed by atoms with Crippen LogP contribution in [0, 0.1) is 0 Å². The number of Topliss-reactive ketones (excluding diaryl/α,β-unsaturated/α-hetero) is 1. The maximum absolute atomic E-state index is 13.0. The molecule has 0 saturated carbocycles. The van der Waals surface area contributed by atoms with Gasteiger partial charge in [0.1, 0.15) is 5.76 Å². The highest BCUT2D eigenvalue weighted by Gasteiger charge is 2.46. The van der Waals surface area contributed by atoms with E-state index in [4.69, 9.17) is 0 Å². The van der Waals surface area contributed by atoms with Gasteiger partial charge in [-0.25, -0.2) is 0 Å². The van der Waals surface area contributed by atoms with Gasteiger partial charge >= 0.3 is 0 Å². The standard InChI is InChI=1S/C24H29N3O3/c1-4-17-9-11-18(12-10-17)22(28)20-21(19-8-7-13-25-16-19)27(24(30)23(20)29)15-14-26(5-2)6-3/h7-13,16,21,28H,4-6,14-15H2,1-3H3/b22-20-. The minimum absolute atomic E-state index is 0.122. The third-order valence-corrected chi connectivity index (χ3v) is 5.73. The molecule has 0 radical (unpaired) electrons. The molecule has 1 fully saturated rings. The van der Waals surface area contributed by atoms with Gasteiger partial charge in [0.05, 0.1) is 11.6 Å². The molecule has 0 bridgehead atoms. The van der Waals surface area contributed by atoms with E-state index in [0.717, 1.165) is 25.1 Å². The second-order valence-corrected chi connectivity index (χ2v) is 7.36. The maximum Gasteiger partial charge on any atom is 0.295 e. The number of aryl methyl sites for hydroxylation is 1. The first-order valence-corrected chi connectivity index (χ1v) is 10.5. The number of rotatable bonds is 8. The Hall–Kier alpha value is -2.99. The maximum atomic E-state index is 13.0. The number of hydrogen-bond donors (Lipinski definition) is 1. The number of benzene rings is 1. The first-order valence-electron chi connectivity index (χ1n) is 10.5. The Morgan fingerprint density at radius 1 is 1.10 bits per heavy atom. The van der Waals surface area contributed by atoms with E-state index >= 15 is 0 Å². The lowest BCUT2D eigenvalue weighted by molar-refractivity contribution is -0.140. The fourth-order valence-corrected chi connectivity index (χ4v) is 3.84. The topological polar surface area (TPSA) is 73.7 Å². The van der Waals surface area contributed by atoms with Crippen LogP contribution in [0.3, 0.4) is 0 Å². The van der Waals surface area contributed by atoms with E-state index in [2.05, 4.69) is 30.7 Å². The first-order chi connectivity index (χ1) is 14.5. The Morgan fingerprint density at radius 3 is 2.37 bits per heavy atom. The third kappa shape index (κ3) is 4.28. The van der Waals surface area contributed by atoms with E-state index in [-0.39, 0.29) is 11.3 Å². The van der Waals surface area contributed by atoms with E-state index in [1.807, 2.05) is 18.2 Å². The van der Waals surface area contributed by atoms with E-state index < -0.39 is 17.7 Å². The summed E-state index contributed by atoms with van der Waals surface area (Å²) in [6.45, 7) is 8.97. The van der Waals surface area contributed by atoms with Crippen molar-refractivity contribution in [2.75, 3.05) is 26.2 Å². The van der Waals surface area contributed by atoms with Crippen molar-refractivity contribution in [1.29, 1.82) is 0 Å². The van der Waals surface area contributed by atoms with Gasteiger partial charge in [-0.1, -0.05) is 51.1 Å². The number of likely N-dealkylation sites (tertiary alicyclic amines) is 1. The number of hydrogen-bond acceptors (Lipinski definition) is 5. The number of ketones is 1. The summed E-state index contributed by atoms with van der Waals surface area (Å²) in [5, 5.41) is 11.0. The predicted octanol–water partition coefficient (Wildman–Crippen LogP) is 3.41. The molecule has 2 heterocycles. The molecule has 1 saturated heterocycles. The van der Waals surface area contributed by atoms with Gasteiger partial charge in [-0.05, 0) is 36.7 Å². The zero-order valence-corrected chi connectivity index (χ0v) is 17.8. The Kier molecular flexibility index (Phi) is 7.00. The Bertz CT molecular complexity index is 918. The van der Waals surface area contributed by atoms with Crippen molar-refractivity contribution >= 4 is 17.4 Å². The Balaban J connectivity index is 2.05. The smallest absolute Gasteiger partial charge is 0.295 e. The number of aromatic nitrogens is 1. The lowest BCUT2D eigenvalue weighted by Gasteiger charge is -2.28. The zero-order valence-electron chi connectivity index (χ0n) is 17.8. The number of amides is 1. The molecule has 30 heavy (non-hydrogen) atoms. The summed E-state index contributed by atoms with van der Waals surface area (Å²) in [5.41, 5.74) is 2.50. The second kappa shape index (κ2) is 9.67. The predicted molar refractivity (Wildman–Crippen MR) is 117 cm³/mol. The van der Waals surface area contributed by atoms with Gasteiger partial charge in [0.2, 0.25) is 0 Å². The lowest BCUT2D eigenvalue weighted by Crippen LogP contribution is -2.38. The van der Waals surface area contributed by atoms with Crippen molar-refractivity contribution in [3.8, 4) is 0 Å². The average molecular weight is 408 g/mol. The SMILES string of the molecule is CCc1ccc(/C(O)=C2/C(=O)C(=O)N(CCN(CC)CC)C2c2cccnc2)cc1. The van der Waals surface area contributed by atoms with Gasteiger partial charge in [0.25, 0.3) is 11.7 Å². The molecular formula is C24H29N3O3. The van der Waals surface area contributed by atoms with Crippen molar-refractivity contribution in [3.63, 3.8) is 0 Å². The number of likely N-dealkylation sites (N-methyl/N-ethyl adjacent to an activating group) is 1. The van der Waals surface area contributed by atoms with Gasteiger partial charge in [-0.3, -0.25) is 14.6 Å². The van der Waals surface area contributed by atoms with Crippen LogP contribution in [0.15, 0.2) is 54.4 Å². The summed E-state index contributed by atoms with van der Waals surface area (Å²) >= 11 is 0. The number of nitrogens with zero attached hydrogens (tertiary/aromatic N) is 3. The largest absolute Gasteiger partial charge is 0.507 e. The monoisotopic (exact) mass is 407 g/mol.